The molecule has 2 fully saturated rings. The highest BCUT2D eigenvalue weighted by atomic mass is 16.6. The number of hydrogen-bond donors (Lipinski definition) is 1. The van der Waals surface area contributed by atoms with E-state index < -0.39 is 17.3 Å². The van der Waals surface area contributed by atoms with Crippen molar-refractivity contribution in [1.82, 2.24) is 4.90 Å². The summed E-state index contributed by atoms with van der Waals surface area (Å²) in [5.41, 5.74) is -1.36. The Morgan fingerprint density at radius 1 is 1.17 bits per heavy atom. The fourth-order valence-electron chi connectivity index (χ4n) is 5.08. The summed E-state index contributed by atoms with van der Waals surface area (Å²) in [6.45, 7) is 13.6. The molecule has 1 amide bonds. The second-order valence-corrected chi connectivity index (χ2v) is 11.1. The van der Waals surface area contributed by atoms with Crippen LogP contribution in [0.4, 0.5) is 4.79 Å². The fourth-order valence-corrected chi connectivity index (χ4v) is 5.08. The first-order chi connectivity index (χ1) is 13.8. The molecular weight excluding hydrogens is 382 g/mol. The molecule has 0 spiro atoms. The molecule has 1 saturated heterocycles. The van der Waals surface area contributed by atoms with Crippen LogP contribution in [-0.2, 0) is 14.3 Å². The molecule has 6 nitrogen and oxygen atoms in total. The minimum Gasteiger partial charge on any atom is -0.481 e. The van der Waals surface area contributed by atoms with Gasteiger partial charge >= 0.3 is 12.1 Å². The van der Waals surface area contributed by atoms with E-state index in [1.807, 2.05) is 34.6 Å². The molecule has 1 aliphatic heterocycles. The molecule has 1 unspecified atom stereocenters. The summed E-state index contributed by atoms with van der Waals surface area (Å²) < 4.78 is 12.2. The second kappa shape index (κ2) is 9.88. The summed E-state index contributed by atoms with van der Waals surface area (Å²) in [5.74, 6) is 0.0407. The van der Waals surface area contributed by atoms with E-state index in [-0.39, 0.29) is 36.5 Å². The molecular formula is C24H43NO5. The van der Waals surface area contributed by atoms with Crippen LogP contribution in [0.5, 0.6) is 0 Å². The molecule has 0 radical (unpaired) electrons. The Morgan fingerprint density at radius 2 is 1.77 bits per heavy atom. The van der Waals surface area contributed by atoms with Gasteiger partial charge in [0.15, 0.2) is 0 Å². The number of carbonyl (C=O) groups excluding carboxylic acids is 1. The quantitative estimate of drug-likeness (QED) is 0.555. The first kappa shape index (κ1) is 25.0. The summed E-state index contributed by atoms with van der Waals surface area (Å²) in [5, 5.41) is 9.38. The molecule has 30 heavy (non-hydrogen) atoms. The van der Waals surface area contributed by atoms with Crippen molar-refractivity contribution in [2.45, 2.75) is 123 Å². The summed E-state index contributed by atoms with van der Waals surface area (Å²) in [4.78, 5) is 26.4. The summed E-state index contributed by atoms with van der Waals surface area (Å²) in [6.07, 6.45) is 7.30. The number of rotatable bonds is 7. The Hall–Kier alpha value is -1.30. The lowest BCUT2D eigenvalue weighted by atomic mass is 9.80. The van der Waals surface area contributed by atoms with Gasteiger partial charge in [0.1, 0.15) is 11.3 Å². The number of carboxylic acids is 1. The van der Waals surface area contributed by atoms with Gasteiger partial charge in [0.25, 0.3) is 0 Å². The number of carboxylic acid groups (broad SMARTS) is 1. The van der Waals surface area contributed by atoms with Gasteiger partial charge in [0.05, 0.1) is 12.1 Å². The van der Waals surface area contributed by atoms with Gasteiger partial charge < -0.3 is 14.6 Å². The number of aliphatic carboxylic acids is 1. The van der Waals surface area contributed by atoms with Gasteiger partial charge in [-0.15, -0.1) is 0 Å². The third kappa shape index (κ3) is 6.86. The Kier molecular flexibility index (Phi) is 8.22. The van der Waals surface area contributed by atoms with Crippen LogP contribution in [0.25, 0.3) is 0 Å². The zero-order valence-electron chi connectivity index (χ0n) is 20.1. The van der Waals surface area contributed by atoms with Gasteiger partial charge in [0.2, 0.25) is 0 Å². The molecule has 1 heterocycles. The van der Waals surface area contributed by atoms with Crippen LogP contribution < -0.4 is 0 Å². The molecule has 3 atom stereocenters. The molecule has 2 rings (SSSR count). The van der Waals surface area contributed by atoms with Crippen LogP contribution in [-0.4, -0.2) is 45.5 Å². The standard InChI is InChI=1S/C24H43NO5/c1-16(2)18(15-21(26)27)14-20-19(13-17-11-9-8-10-12-17)25(24(6,7)29-20)22(28)30-23(3,4)5/h16-20H,8-15H2,1-7H3,(H,26,27)/t18?,19-,20-/m0/s1. The number of hydrogen-bond acceptors (Lipinski definition) is 4. The van der Waals surface area contributed by atoms with Crippen molar-refractivity contribution in [1.29, 1.82) is 0 Å². The maximum Gasteiger partial charge on any atom is 0.412 e. The topological polar surface area (TPSA) is 76.1 Å². The van der Waals surface area contributed by atoms with E-state index in [0.717, 1.165) is 6.42 Å². The average Bonchev–Trinajstić information content (AvgIpc) is 2.82. The van der Waals surface area contributed by atoms with Crippen molar-refractivity contribution < 1.29 is 24.2 Å². The Labute approximate surface area is 182 Å². The lowest BCUT2D eigenvalue weighted by Crippen LogP contribution is -2.51. The van der Waals surface area contributed by atoms with E-state index >= 15 is 0 Å². The largest absolute Gasteiger partial charge is 0.481 e. The smallest absolute Gasteiger partial charge is 0.412 e. The SMILES string of the molecule is CC(C)C(CC(=O)O)C[C@@H]1OC(C)(C)N(C(=O)OC(C)(C)C)[C@H]1CC1CCCCC1. The third-order valence-corrected chi connectivity index (χ3v) is 6.59. The number of amides is 1. The molecule has 0 aromatic rings. The Morgan fingerprint density at radius 3 is 2.27 bits per heavy atom. The average molecular weight is 426 g/mol. The van der Waals surface area contributed by atoms with Gasteiger partial charge in [-0.1, -0.05) is 46.0 Å². The third-order valence-electron chi connectivity index (χ3n) is 6.59. The molecule has 1 saturated carbocycles. The van der Waals surface area contributed by atoms with Crippen LogP contribution in [0.1, 0.15) is 99.8 Å². The van der Waals surface area contributed by atoms with Crippen molar-refractivity contribution in [3.8, 4) is 0 Å². The van der Waals surface area contributed by atoms with Crippen LogP contribution in [0.2, 0.25) is 0 Å². The molecule has 6 heteroatoms. The lowest BCUT2D eigenvalue weighted by Gasteiger charge is -2.37. The lowest BCUT2D eigenvalue weighted by molar-refractivity contribution is -0.139. The summed E-state index contributed by atoms with van der Waals surface area (Å²) in [7, 11) is 0. The molecule has 0 bridgehead atoms. The van der Waals surface area contributed by atoms with Gasteiger partial charge in [-0.05, 0) is 65.2 Å². The molecule has 1 aliphatic carbocycles. The zero-order chi connectivity index (χ0) is 22.7. The van der Waals surface area contributed by atoms with Crippen LogP contribution in [0.3, 0.4) is 0 Å². The second-order valence-electron chi connectivity index (χ2n) is 11.1. The predicted octanol–water partition coefficient (Wildman–Crippen LogP) is 5.83. The minimum atomic E-state index is -0.781. The van der Waals surface area contributed by atoms with E-state index in [2.05, 4.69) is 13.8 Å². The molecule has 174 valence electrons. The Bertz CT molecular complexity index is 589. The van der Waals surface area contributed by atoms with Crippen LogP contribution >= 0.6 is 0 Å². The van der Waals surface area contributed by atoms with Crippen molar-refractivity contribution in [3.63, 3.8) is 0 Å². The Balaban J connectivity index is 2.28. The first-order valence-corrected chi connectivity index (χ1v) is 11.7. The van der Waals surface area contributed by atoms with E-state index in [1.165, 1.54) is 32.1 Å². The van der Waals surface area contributed by atoms with Crippen LogP contribution in [0.15, 0.2) is 0 Å². The van der Waals surface area contributed by atoms with Gasteiger partial charge in [-0.25, -0.2) is 4.79 Å². The maximum absolute atomic E-state index is 13.2. The molecule has 1 N–H and O–H groups in total. The fraction of sp³-hybridized carbons (Fsp3) is 0.917. The molecule has 0 aromatic heterocycles. The van der Waals surface area contributed by atoms with Gasteiger partial charge in [0, 0.05) is 6.42 Å². The highest BCUT2D eigenvalue weighted by molar-refractivity contribution is 5.70. The van der Waals surface area contributed by atoms with E-state index in [1.54, 1.807) is 4.90 Å². The van der Waals surface area contributed by atoms with Crippen molar-refractivity contribution in [3.05, 3.63) is 0 Å². The number of ether oxygens (including phenoxy) is 2. The number of carbonyl (C=O) groups is 2. The van der Waals surface area contributed by atoms with E-state index in [9.17, 15) is 14.7 Å². The highest BCUT2D eigenvalue weighted by Gasteiger charge is 2.52. The summed E-state index contributed by atoms with van der Waals surface area (Å²) in [6, 6.07) is -0.0898. The van der Waals surface area contributed by atoms with Crippen molar-refractivity contribution >= 4 is 12.1 Å². The normalized spacial score (nSPS) is 26.1. The van der Waals surface area contributed by atoms with E-state index in [0.29, 0.717) is 12.3 Å². The van der Waals surface area contributed by atoms with Gasteiger partial charge in [-0.3, -0.25) is 9.69 Å². The predicted molar refractivity (Wildman–Crippen MR) is 117 cm³/mol. The highest BCUT2D eigenvalue weighted by Crippen LogP contribution is 2.42. The zero-order valence-corrected chi connectivity index (χ0v) is 20.1. The summed E-state index contributed by atoms with van der Waals surface area (Å²) >= 11 is 0. The number of nitrogens with zero attached hydrogens (tertiary/aromatic N) is 1. The van der Waals surface area contributed by atoms with Crippen molar-refractivity contribution in [2.75, 3.05) is 0 Å². The maximum atomic E-state index is 13.2. The first-order valence-electron chi connectivity index (χ1n) is 11.7. The van der Waals surface area contributed by atoms with Gasteiger partial charge in [-0.2, -0.15) is 0 Å². The molecule has 0 aromatic carbocycles. The van der Waals surface area contributed by atoms with E-state index in [4.69, 9.17) is 9.47 Å². The molecule has 2 aliphatic rings. The monoisotopic (exact) mass is 425 g/mol. The van der Waals surface area contributed by atoms with Crippen molar-refractivity contribution in [2.24, 2.45) is 17.8 Å². The minimum absolute atomic E-state index is 0.00995. The van der Waals surface area contributed by atoms with Crippen LogP contribution in [0, 0.1) is 17.8 Å².